The minimum Gasteiger partial charge on any atom is -0.326 e. The molecule has 0 aromatic heterocycles. The standard InChI is InChI=1S/C17H16N2O2.ClH/c18-13(10-12-6-2-1-3-7-12)11-19-16(20)14-8-4-5-9-15(14)17(19)21;/h1-9,13H,10-11,18H2;1H/t13-;/m1./s1. The Morgan fingerprint density at radius 2 is 1.36 bits per heavy atom. The van der Waals surface area contributed by atoms with E-state index in [9.17, 15) is 9.59 Å². The number of nitrogens with two attached hydrogens (primary N) is 1. The number of amides is 2. The van der Waals surface area contributed by atoms with E-state index in [4.69, 9.17) is 5.73 Å². The van der Waals surface area contributed by atoms with Gasteiger partial charge >= 0.3 is 0 Å². The Balaban J connectivity index is 0.00000176. The molecule has 1 aliphatic rings. The van der Waals surface area contributed by atoms with Crippen molar-refractivity contribution >= 4 is 24.2 Å². The number of rotatable bonds is 4. The maximum atomic E-state index is 12.2. The van der Waals surface area contributed by atoms with E-state index in [1.807, 2.05) is 30.3 Å². The largest absolute Gasteiger partial charge is 0.326 e. The molecular formula is C17H17ClN2O2. The molecule has 0 aliphatic carbocycles. The molecule has 3 rings (SSSR count). The molecule has 2 aromatic carbocycles. The van der Waals surface area contributed by atoms with Crippen molar-refractivity contribution in [2.24, 2.45) is 5.73 Å². The van der Waals surface area contributed by atoms with Gasteiger partial charge in [0.05, 0.1) is 11.1 Å². The van der Waals surface area contributed by atoms with Crippen molar-refractivity contribution in [2.75, 3.05) is 6.54 Å². The van der Waals surface area contributed by atoms with Crippen LogP contribution in [0.15, 0.2) is 54.6 Å². The topological polar surface area (TPSA) is 63.4 Å². The smallest absolute Gasteiger partial charge is 0.261 e. The summed E-state index contributed by atoms with van der Waals surface area (Å²) in [4.78, 5) is 25.7. The maximum Gasteiger partial charge on any atom is 0.261 e. The summed E-state index contributed by atoms with van der Waals surface area (Å²) < 4.78 is 0. The molecule has 0 spiro atoms. The van der Waals surface area contributed by atoms with E-state index in [-0.39, 0.29) is 36.8 Å². The summed E-state index contributed by atoms with van der Waals surface area (Å²) in [6.45, 7) is 0.237. The van der Waals surface area contributed by atoms with Crippen molar-refractivity contribution in [3.63, 3.8) is 0 Å². The quantitative estimate of drug-likeness (QED) is 0.880. The molecule has 0 saturated heterocycles. The van der Waals surface area contributed by atoms with Crippen LogP contribution in [0.4, 0.5) is 0 Å². The van der Waals surface area contributed by atoms with Gasteiger partial charge in [0.15, 0.2) is 0 Å². The Morgan fingerprint density at radius 3 is 1.91 bits per heavy atom. The van der Waals surface area contributed by atoms with E-state index < -0.39 is 0 Å². The van der Waals surface area contributed by atoms with Gasteiger partial charge in [0.25, 0.3) is 11.8 Å². The van der Waals surface area contributed by atoms with Crippen LogP contribution in [0.25, 0.3) is 0 Å². The van der Waals surface area contributed by atoms with Gasteiger partial charge in [-0.15, -0.1) is 12.4 Å². The Hall–Kier alpha value is -2.17. The Labute approximate surface area is 135 Å². The lowest BCUT2D eigenvalue weighted by molar-refractivity contribution is 0.0644. The third-order valence-electron chi connectivity index (χ3n) is 3.64. The van der Waals surface area contributed by atoms with E-state index in [1.54, 1.807) is 24.3 Å². The van der Waals surface area contributed by atoms with Gasteiger partial charge in [-0.3, -0.25) is 14.5 Å². The number of carbonyl (C=O) groups excluding carboxylic acids is 2. The van der Waals surface area contributed by atoms with Crippen molar-refractivity contribution in [1.29, 1.82) is 0 Å². The second-order valence-corrected chi connectivity index (χ2v) is 5.22. The van der Waals surface area contributed by atoms with Gasteiger partial charge in [-0.2, -0.15) is 0 Å². The van der Waals surface area contributed by atoms with E-state index >= 15 is 0 Å². The SMILES string of the molecule is Cl.N[C@H](Cc1ccccc1)CN1C(=O)c2ccccc2C1=O. The van der Waals surface area contributed by atoms with Crippen molar-refractivity contribution in [2.45, 2.75) is 12.5 Å². The van der Waals surface area contributed by atoms with Crippen molar-refractivity contribution in [3.05, 3.63) is 71.3 Å². The monoisotopic (exact) mass is 316 g/mol. The van der Waals surface area contributed by atoms with Gasteiger partial charge in [-0.05, 0) is 24.1 Å². The Morgan fingerprint density at radius 1 is 0.864 bits per heavy atom. The molecule has 1 atom stereocenters. The number of imide groups is 1. The predicted molar refractivity (Wildman–Crippen MR) is 87.2 cm³/mol. The summed E-state index contributed by atoms with van der Waals surface area (Å²) in [5, 5.41) is 0. The lowest BCUT2D eigenvalue weighted by atomic mass is 10.1. The number of hydrogen-bond donors (Lipinski definition) is 1. The van der Waals surface area contributed by atoms with Crippen LogP contribution in [0.5, 0.6) is 0 Å². The van der Waals surface area contributed by atoms with Crippen molar-refractivity contribution in [1.82, 2.24) is 4.90 Å². The van der Waals surface area contributed by atoms with Gasteiger partial charge in [-0.25, -0.2) is 0 Å². The van der Waals surface area contributed by atoms with Crippen LogP contribution in [-0.2, 0) is 6.42 Å². The second kappa shape index (κ2) is 6.73. The van der Waals surface area contributed by atoms with E-state index in [0.717, 1.165) is 5.56 Å². The first kappa shape index (κ1) is 16.2. The third kappa shape index (κ3) is 3.03. The first-order chi connectivity index (χ1) is 10.2. The van der Waals surface area contributed by atoms with E-state index in [0.29, 0.717) is 17.5 Å². The van der Waals surface area contributed by atoms with Crippen LogP contribution < -0.4 is 5.73 Å². The number of halogens is 1. The molecule has 0 radical (unpaired) electrons. The minimum absolute atomic E-state index is 0. The van der Waals surface area contributed by atoms with Gasteiger partial charge in [-0.1, -0.05) is 42.5 Å². The van der Waals surface area contributed by atoms with Gasteiger partial charge in [0.1, 0.15) is 0 Å². The van der Waals surface area contributed by atoms with Crippen molar-refractivity contribution in [3.8, 4) is 0 Å². The highest BCUT2D eigenvalue weighted by Gasteiger charge is 2.35. The first-order valence-electron chi connectivity index (χ1n) is 6.91. The molecular weight excluding hydrogens is 300 g/mol. The first-order valence-corrected chi connectivity index (χ1v) is 6.91. The predicted octanol–water partition coefficient (Wildman–Crippen LogP) is 2.27. The third-order valence-corrected chi connectivity index (χ3v) is 3.64. The minimum atomic E-state index is -0.269. The number of nitrogens with zero attached hydrogens (tertiary/aromatic N) is 1. The molecule has 0 saturated carbocycles. The van der Waals surface area contributed by atoms with E-state index in [1.165, 1.54) is 4.90 Å². The van der Waals surface area contributed by atoms with Crippen LogP contribution in [0.1, 0.15) is 26.3 Å². The van der Waals surface area contributed by atoms with Gasteiger partial charge in [0.2, 0.25) is 0 Å². The zero-order valence-electron chi connectivity index (χ0n) is 11.9. The highest BCUT2D eigenvalue weighted by molar-refractivity contribution is 6.21. The fourth-order valence-corrected chi connectivity index (χ4v) is 2.62. The number of benzene rings is 2. The van der Waals surface area contributed by atoms with Crippen LogP contribution in [-0.4, -0.2) is 29.3 Å². The molecule has 5 heteroatoms. The summed E-state index contributed by atoms with van der Waals surface area (Å²) >= 11 is 0. The Kier molecular flexibility index (Phi) is 4.96. The zero-order chi connectivity index (χ0) is 14.8. The highest BCUT2D eigenvalue weighted by atomic mass is 35.5. The van der Waals surface area contributed by atoms with Crippen LogP contribution in [0, 0.1) is 0 Å². The molecule has 2 N–H and O–H groups in total. The zero-order valence-corrected chi connectivity index (χ0v) is 12.8. The Bertz CT molecular complexity index is 653. The van der Waals surface area contributed by atoms with Crippen LogP contribution in [0.3, 0.4) is 0 Å². The molecule has 2 aromatic rings. The summed E-state index contributed by atoms with van der Waals surface area (Å²) in [6, 6.07) is 16.4. The molecule has 2 amide bonds. The molecule has 0 bridgehead atoms. The highest BCUT2D eigenvalue weighted by Crippen LogP contribution is 2.22. The molecule has 0 unspecified atom stereocenters. The summed E-state index contributed by atoms with van der Waals surface area (Å²) in [7, 11) is 0. The number of fused-ring (bicyclic) bond motifs is 1. The van der Waals surface area contributed by atoms with Crippen molar-refractivity contribution < 1.29 is 9.59 Å². The van der Waals surface area contributed by atoms with Crippen LogP contribution >= 0.6 is 12.4 Å². The summed E-state index contributed by atoms with van der Waals surface area (Å²) in [6.07, 6.45) is 0.633. The summed E-state index contributed by atoms with van der Waals surface area (Å²) in [5.41, 5.74) is 8.13. The molecule has 1 heterocycles. The average molecular weight is 317 g/mol. The molecule has 22 heavy (non-hydrogen) atoms. The molecule has 4 nitrogen and oxygen atoms in total. The average Bonchev–Trinajstić information content (AvgIpc) is 2.74. The molecule has 114 valence electrons. The maximum absolute atomic E-state index is 12.2. The molecule has 0 fully saturated rings. The summed E-state index contributed by atoms with van der Waals surface area (Å²) in [5.74, 6) is -0.502. The van der Waals surface area contributed by atoms with Gasteiger partial charge < -0.3 is 5.73 Å². The number of carbonyl (C=O) groups is 2. The normalized spacial score (nSPS) is 14.5. The van der Waals surface area contributed by atoms with Gasteiger partial charge in [0, 0.05) is 12.6 Å². The second-order valence-electron chi connectivity index (χ2n) is 5.22. The fourth-order valence-electron chi connectivity index (χ4n) is 2.62. The lowest BCUT2D eigenvalue weighted by Gasteiger charge is -2.19. The van der Waals surface area contributed by atoms with Crippen LogP contribution in [0.2, 0.25) is 0 Å². The fraction of sp³-hybridized carbons (Fsp3) is 0.176. The lowest BCUT2D eigenvalue weighted by Crippen LogP contribution is -2.41. The molecule has 1 aliphatic heterocycles. The number of hydrogen-bond acceptors (Lipinski definition) is 3. The van der Waals surface area contributed by atoms with E-state index in [2.05, 4.69) is 0 Å².